The number of rotatable bonds is 0. The van der Waals surface area contributed by atoms with Gasteiger partial charge in [0.2, 0.25) is 0 Å². The van der Waals surface area contributed by atoms with Gasteiger partial charge in [-0.05, 0) is 35.2 Å². The number of nitrogens with zero attached hydrogens (tertiary/aromatic N) is 1. The Labute approximate surface area is 143 Å². The summed E-state index contributed by atoms with van der Waals surface area (Å²) in [7, 11) is 0. The molecule has 2 aromatic carbocycles. The summed E-state index contributed by atoms with van der Waals surface area (Å²) in [6, 6.07) is 14.1. The number of ether oxygens (including phenoxy) is 1. The van der Waals surface area contributed by atoms with Gasteiger partial charge in [-0.1, -0.05) is 42.0 Å². The minimum atomic E-state index is 0. The molecule has 1 fully saturated rings. The third-order valence-corrected chi connectivity index (χ3v) is 5.25. The van der Waals surface area contributed by atoms with E-state index < -0.39 is 0 Å². The van der Waals surface area contributed by atoms with Gasteiger partial charge in [0.1, 0.15) is 0 Å². The second-order valence-electron chi connectivity index (χ2n) is 6.37. The fourth-order valence-corrected chi connectivity index (χ4v) is 4.14. The fourth-order valence-electron chi connectivity index (χ4n) is 4.14. The molecule has 0 unspecified atom stereocenters. The molecule has 0 saturated heterocycles. The van der Waals surface area contributed by atoms with E-state index in [0.717, 1.165) is 28.6 Å². The largest absolute Gasteiger partial charge is 0.512 e. The zero-order valence-corrected chi connectivity index (χ0v) is 14.6. The molecule has 2 heterocycles. The van der Waals surface area contributed by atoms with E-state index in [1.54, 1.807) is 0 Å². The fraction of sp³-hybridized carbons (Fsp3) is 0.316. The quantitative estimate of drug-likeness (QED) is 0.362. The molecule has 2 nitrogen and oxygen atoms in total. The SMILES string of the molecule is [Ir].[c-]1cc2c(c3ccc4cccnc4c13)OCC21CCCC1. The van der Waals surface area contributed by atoms with Gasteiger partial charge >= 0.3 is 0 Å². The maximum atomic E-state index is 6.15. The van der Waals surface area contributed by atoms with Crippen molar-refractivity contribution in [2.75, 3.05) is 6.61 Å². The van der Waals surface area contributed by atoms with Crippen LogP contribution >= 0.6 is 0 Å². The first kappa shape index (κ1) is 14.2. The van der Waals surface area contributed by atoms with Crippen molar-refractivity contribution in [3.05, 3.63) is 48.2 Å². The molecule has 0 N–H and O–H groups in total. The van der Waals surface area contributed by atoms with Gasteiger partial charge in [0, 0.05) is 32.1 Å². The molecule has 2 aliphatic rings. The second-order valence-corrected chi connectivity index (χ2v) is 6.37. The minimum absolute atomic E-state index is 0. The Morgan fingerprint density at radius 3 is 2.86 bits per heavy atom. The van der Waals surface area contributed by atoms with E-state index in [1.807, 2.05) is 12.3 Å². The van der Waals surface area contributed by atoms with Crippen LogP contribution in [-0.4, -0.2) is 11.6 Å². The van der Waals surface area contributed by atoms with Crippen LogP contribution in [0.4, 0.5) is 0 Å². The summed E-state index contributed by atoms with van der Waals surface area (Å²) in [5.41, 5.74) is 2.66. The number of fused-ring (bicyclic) bond motifs is 6. The molecule has 3 aromatic rings. The Morgan fingerprint density at radius 2 is 2.00 bits per heavy atom. The summed E-state index contributed by atoms with van der Waals surface area (Å²) in [5, 5.41) is 3.42. The van der Waals surface area contributed by atoms with Gasteiger partial charge in [0.05, 0.1) is 6.61 Å². The summed E-state index contributed by atoms with van der Waals surface area (Å²) in [4.78, 5) is 4.54. The van der Waals surface area contributed by atoms with Crippen LogP contribution in [0, 0.1) is 6.07 Å². The molecule has 1 aliphatic carbocycles. The molecule has 1 radical (unpaired) electrons. The van der Waals surface area contributed by atoms with Crippen LogP contribution in [-0.2, 0) is 25.5 Å². The first-order valence-electron chi connectivity index (χ1n) is 7.73. The molecule has 1 aliphatic heterocycles. The van der Waals surface area contributed by atoms with E-state index in [9.17, 15) is 0 Å². The maximum absolute atomic E-state index is 6.15. The van der Waals surface area contributed by atoms with Crippen LogP contribution in [0.3, 0.4) is 0 Å². The Hall–Kier alpha value is -1.44. The van der Waals surface area contributed by atoms with Crippen molar-refractivity contribution < 1.29 is 24.8 Å². The van der Waals surface area contributed by atoms with E-state index >= 15 is 0 Å². The zero-order chi connectivity index (χ0) is 13.9. The van der Waals surface area contributed by atoms with Gasteiger partial charge < -0.3 is 9.72 Å². The molecule has 0 atom stereocenters. The first-order chi connectivity index (χ1) is 10.4. The van der Waals surface area contributed by atoms with Crippen LogP contribution in [0.1, 0.15) is 31.2 Å². The van der Waals surface area contributed by atoms with Crippen LogP contribution in [0.25, 0.3) is 21.7 Å². The van der Waals surface area contributed by atoms with Crippen LogP contribution in [0.15, 0.2) is 36.5 Å². The maximum Gasteiger partial charge on any atom is 0.0877 e. The van der Waals surface area contributed by atoms with Crippen molar-refractivity contribution in [3.8, 4) is 5.75 Å². The molecule has 1 saturated carbocycles. The summed E-state index contributed by atoms with van der Waals surface area (Å²) in [5.74, 6) is 1.08. The number of hydrogen-bond donors (Lipinski definition) is 0. The van der Waals surface area contributed by atoms with Gasteiger partial charge in [-0.15, -0.1) is 17.5 Å². The van der Waals surface area contributed by atoms with E-state index in [4.69, 9.17) is 4.74 Å². The third kappa shape index (κ3) is 1.79. The monoisotopic (exact) mass is 467 g/mol. The number of benzene rings is 2. The average Bonchev–Trinajstić information content (AvgIpc) is 3.16. The van der Waals surface area contributed by atoms with E-state index in [2.05, 4.69) is 35.3 Å². The Bertz CT molecular complexity index is 868. The smallest absolute Gasteiger partial charge is 0.0877 e. The summed E-state index contributed by atoms with van der Waals surface area (Å²) >= 11 is 0. The topological polar surface area (TPSA) is 22.1 Å². The predicted molar refractivity (Wildman–Crippen MR) is 83.7 cm³/mol. The summed E-state index contributed by atoms with van der Waals surface area (Å²) in [6.07, 6.45) is 7.00. The van der Waals surface area contributed by atoms with Gasteiger partial charge in [-0.25, -0.2) is 0 Å². The number of pyridine rings is 1. The molecular weight excluding hydrogens is 450 g/mol. The van der Waals surface area contributed by atoms with Gasteiger partial charge in [-0.3, -0.25) is 0 Å². The van der Waals surface area contributed by atoms with Crippen molar-refractivity contribution in [1.82, 2.24) is 4.98 Å². The van der Waals surface area contributed by atoms with Gasteiger partial charge in [0.25, 0.3) is 0 Å². The molecule has 0 bridgehead atoms. The zero-order valence-electron chi connectivity index (χ0n) is 12.2. The van der Waals surface area contributed by atoms with E-state index in [1.165, 1.54) is 36.6 Å². The Morgan fingerprint density at radius 1 is 1.14 bits per heavy atom. The standard InChI is InChI=1S/C19H16NO.Ir/c1-2-10-19(9-1)12-21-18-15-6-5-13-4-3-11-20-17(13)14(15)7-8-16(18)19;/h3-6,8,11H,1-2,9-10,12H2;/q-1;. The van der Waals surface area contributed by atoms with Crippen molar-refractivity contribution in [2.45, 2.75) is 31.1 Å². The van der Waals surface area contributed by atoms with Crippen molar-refractivity contribution >= 4 is 21.7 Å². The molecule has 1 aromatic heterocycles. The third-order valence-electron chi connectivity index (χ3n) is 5.25. The predicted octanol–water partition coefficient (Wildman–Crippen LogP) is 4.39. The van der Waals surface area contributed by atoms with Gasteiger partial charge in [0.15, 0.2) is 0 Å². The average molecular weight is 467 g/mol. The normalized spacial score (nSPS) is 18.4. The van der Waals surface area contributed by atoms with Crippen LogP contribution < -0.4 is 4.74 Å². The molecule has 113 valence electrons. The van der Waals surface area contributed by atoms with E-state index in [-0.39, 0.29) is 25.5 Å². The minimum Gasteiger partial charge on any atom is -0.512 e. The van der Waals surface area contributed by atoms with Crippen molar-refractivity contribution in [1.29, 1.82) is 0 Å². The van der Waals surface area contributed by atoms with Crippen LogP contribution in [0.2, 0.25) is 0 Å². The number of aromatic nitrogens is 1. The van der Waals surface area contributed by atoms with Crippen molar-refractivity contribution in [2.24, 2.45) is 0 Å². The molecule has 1 spiro atoms. The molecule has 0 amide bonds. The molecular formula is C19H16IrNO-. The number of hydrogen-bond acceptors (Lipinski definition) is 2. The van der Waals surface area contributed by atoms with E-state index in [0.29, 0.717) is 0 Å². The molecule has 22 heavy (non-hydrogen) atoms. The second kappa shape index (κ2) is 5.04. The van der Waals surface area contributed by atoms with Crippen LogP contribution in [0.5, 0.6) is 5.75 Å². The Balaban J connectivity index is 0.00000125. The Kier molecular flexibility index (Phi) is 3.25. The van der Waals surface area contributed by atoms with Crippen molar-refractivity contribution in [3.63, 3.8) is 0 Å². The first-order valence-corrected chi connectivity index (χ1v) is 7.73. The summed E-state index contributed by atoms with van der Waals surface area (Å²) < 4.78 is 6.15. The molecule has 5 rings (SSSR count). The summed E-state index contributed by atoms with van der Waals surface area (Å²) in [6.45, 7) is 0.843. The van der Waals surface area contributed by atoms with Gasteiger partial charge in [-0.2, -0.15) is 0 Å². The molecule has 3 heteroatoms.